The number of methoxy groups -OCH3 is 1. The van der Waals surface area contributed by atoms with E-state index >= 15 is 0 Å². The van der Waals surface area contributed by atoms with Crippen molar-refractivity contribution in [2.24, 2.45) is 0 Å². The van der Waals surface area contributed by atoms with Crippen LogP contribution in [0.25, 0.3) is 0 Å². The summed E-state index contributed by atoms with van der Waals surface area (Å²) in [4.78, 5) is 26.7. The summed E-state index contributed by atoms with van der Waals surface area (Å²) < 4.78 is 10.8. The molecule has 0 radical (unpaired) electrons. The number of phenols is 1. The van der Waals surface area contributed by atoms with Crippen LogP contribution in [0.1, 0.15) is 56.1 Å². The van der Waals surface area contributed by atoms with Crippen molar-refractivity contribution in [3.05, 3.63) is 81.2 Å². The molecule has 1 aliphatic heterocycles. The standard InChI is InChI=1S/C27H28ClNO5/c1-4-11-34-27(32)24-15(2)29-20-12-18(16-5-8-19(28)9-6-16)13-22(31)26(20)25(24)17-7-10-21(30)23(14-17)33-3/h5-10,14,18,25,29-30H,4,11-13H2,1-3H3/t18-,25-/m0/s1. The van der Waals surface area contributed by atoms with Gasteiger partial charge < -0.3 is 19.9 Å². The van der Waals surface area contributed by atoms with Gasteiger partial charge in [0, 0.05) is 34.3 Å². The van der Waals surface area contributed by atoms with Crippen molar-refractivity contribution in [1.29, 1.82) is 0 Å². The van der Waals surface area contributed by atoms with E-state index in [-0.39, 0.29) is 23.2 Å². The van der Waals surface area contributed by atoms with Gasteiger partial charge in [-0.3, -0.25) is 4.79 Å². The quantitative estimate of drug-likeness (QED) is 0.539. The molecule has 2 aliphatic rings. The molecule has 178 valence electrons. The highest BCUT2D eigenvalue weighted by molar-refractivity contribution is 6.30. The Kier molecular flexibility index (Phi) is 6.98. The number of ketones is 1. The van der Waals surface area contributed by atoms with Gasteiger partial charge in [0.2, 0.25) is 0 Å². The second-order valence-electron chi connectivity index (χ2n) is 8.64. The number of rotatable bonds is 6. The maximum Gasteiger partial charge on any atom is 0.336 e. The molecule has 4 rings (SSSR count). The number of dihydropyridines is 1. The number of Topliss-reactive ketones (excluding diaryl/α,β-unsaturated/α-hetero) is 1. The van der Waals surface area contributed by atoms with Gasteiger partial charge in [-0.05, 0) is 61.1 Å². The van der Waals surface area contributed by atoms with Crippen LogP contribution < -0.4 is 10.1 Å². The fraction of sp³-hybridized carbons (Fsp3) is 0.333. The number of esters is 1. The molecule has 1 aliphatic carbocycles. The fourth-order valence-electron chi connectivity index (χ4n) is 4.76. The Morgan fingerprint density at radius 3 is 2.53 bits per heavy atom. The summed E-state index contributed by atoms with van der Waals surface area (Å²) >= 11 is 6.05. The number of hydrogen-bond donors (Lipinski definition) is 2. The molecule has 0 aromatic heterocycles. The van der Waals surface area contributed by atoms with Crippen molar-refractivity contribution in [3.8, 4) is 11.5 Å². The smallest absolute Gasteiger partial charge is 0.336 e. The number of benzene rings is 2. The maximum atomic E-state index is 13.6. The molecule has 0 unspecified atom stereocenters. The third-order valence-corrected chi connectivity index (χ3v) is 6.62. The minimum atomic E-state index is -0.617. The van der Waals surface area contributed by atoms with Crippen LogP contribution in [0.15, 0.2) is 65.0 Å². The molecule has 2 aromatic carbocycles. The minimum absolute atomic E-state index is 0.00686. The Labute approximate surface area is 204 Å². The molecule has 34 heavy (non-hydrogen) atoms. The molecule has 1 heterocycles. The lowest BCUT2D eigenvalue weighted by Crippen LogP contribution is -2.36. The fourth-order valence-corrected chi connectivity index (χ4v) is 4.89. The van der Waals surface area contributed by atoms with E-state index in [2.05, 4.69) is 5.32 Å². The van der Waals surface area contributed by atoms with Gasteiger partial charge in [0.25, 0.3) is 0 Å². The second kappa shape index (κ2) is 9.94. The van der Waals surface area contributed by atoms with Crippen molar-refractivity contribution >= 4 is 23.4 Å². The highest BCUT2D eigenvalue weighted by Crippen LogP contribution is 2.47. The van der Waals surface area contributed by atoms with Gasteiger partial charge in [0.1, 0.15) is 0 Å². The summed E-state index contributed by atoms with van der Waals surface area (Å²) in [6.45, 7) is 4.05. The average Bonchev–Trinajstić information content (AvgIpc) is 2.82. The summed E-state index contributed by atoms with van der Waals surface area (Å²) in [6.07, 6.45) is 1.64. The topological polar surface area (TPSA) is 84.9 Å². The predicted molar refractivity (Wildman–Crippen MR) is 130 cm³/mol. The SMILES string of the molecule is CCCOC(=O)C1=C(C)NC2=C(C(=O)C[C@@H](c3ccc(Cl)cc3)C2)[C@H]1c1ccc(O)c(OC)c1. The molecule has 0 spiro atoms. The molecule has 0 saturated heterocycles. The highest BCUT2D eigenvalue weighted by atomic mass is 35.5. The number of carbonyl (C=O) groups is 2. The Morgan fingerprint density at radius 2 is 1.85 bits per heavy atom. The number of allylic oxidation sites excluding steroid dienone is 3. The van der Waals surface area contributed by atoms with Crippen LogP contribution in [0.2, 0.25) is 5.02 Å². The molecule has 2 N–H and O–H groups in total. The molecule has 6 nitrogen and oxygen atoms in total. The lowest BCUT2D eigenvalue weighted by Gasteiger charge is -2.36. The molecule has 0 amide bonds. The zero-order chi connectivity index (χ0) is 24.4. The van der Waals surface area contributed by atoms with Crippen LogP contribution in [0.4, 0.5) is 0 Å². The van der Waals surface area contributed by atoms with Gasteiger partial charge in [-0.25, -0.2) is 4.79 Å². The summed E-state index contributed by atoms with van der Waals surface area (Å²) in [7, 11) is 1.46. The highest BCUT2D eigenvalue weighted by Gasteiger charge is 2.41. The zero-order valence-corrected chi connectivity index (χ0v) is 20.2. The normalized spacial score (nSPS) is 20.1. The summed E-state index contributed by atoms with van der Waals surface area (Å²) in [5, 5.41) is 14.1. The van der Waals surface area contributed by atoms with E-state index in [1.54, 1.807) is 12.1 Å². The predicted octanol–water partition coefficient (Wildman–Crippen LogP) is 5.37. The number of aromatic hydroxyl groups is 1. The van der Waals surface area contributed by atoms with E-state index in [4.69, 9.17) is 21.1 Å². The van der Waals surface area contributed by atoms with Crippen LogP contribution in [0.3, 0.4) is 0 Å². The van der Waals surface area contributed by atoms with E-state index in [9.17, 15) is 14.7 Å². The van der Waals surface area contributed by atoms with E-state index in [0.717, 1.165) is 11.3 Å². The summed E-state index contributed by atoms with van der Waals surface area (Å²) in [5.74, 6) is -0.828. The largest absolute Gasteiger partial charge is 0.504 e. The molecule has 7 heteroatoms. The lowest BCUT2D eigenvalue weighted by molar-refractivity contribution is -0.139. The van der Waals surface area contributed by atoms with Gasteiger partial charge in [-0.1, -0.05) is 36.7 Å². The first-order valence-electron chi connectivity index (χ1n) is 11.4. The molecule has 0 bridgehead atoms. The second-order valence-corrected chi connectivity index (χ2v) is 9.07. The minimum Gasteiger partial charge on any atom is -0.504 e. The first-order chi connectivity index (χ1) is 16.3. The number of carbonyl (C=O) groups excluding carboxylic acids is 2. The number of phenolic OH excluding ortho intramolecular Hbond substituents is 1. The van der Waals surface area contributed by atoms with Gasteiger partial charge >= 0.3 is 5.97 Å². The number of nitrogens with one attached hydrogen (secondary N) is 1. The Morgan fingerprint density at radius 1 is 1.15 bits per heavy atom. The Balaban J connectivity index is 1.80. The number of hydrogen-bond acceptors (Lipinski definition) is 6. The molecule has 0 saturated carbocycles. The van der Waals surface area contributed by atoms with Crippen LogP contribution in [-0.2, 0) is 14.3 Å². The maximum absolute atomic E-state index is 13.6. The summed E-state index contributed by atoms with van der Waals surface area (Å²) in [5.41, 5.74) is 4.15. The molecular formula is C27H28ClNO5. The number of ether oxygens (including phenoxy) is 2. The average molecular weight is 482 g/mol. The van der Waals surface area contributed by atoms with Gasteiger partial charge in [-0.2, -0.15) is 0 Å². The van der Waals surface area contributed by atoms with Gasteiger partial charge in [-0.15, -0.1) is 0 Å². The van der Waals surface area contributed by atoms with Crippen LogP contribution in [0.5, 0.6) is 11.5 Å². The van der Waals surface area contributed by atoms with E-state index < -0.39 is 11.9 Å². The lowest BCUT2D eigenvalue weighted by atomic mass is 9.71. The van der Waals surface area contributed by atoms with Crippen LogP contribution >= 0.6 is 11.6 Å². The zero-order valence-electron chi connectivity index (χ0n) is 19.5. The molecule has 2 aromatic rings. The van der Waals surface area contributed by atoms with Crippen molar-refractivity contribution in [2.45, 2.75) is 44.9 Å². The van der Waals surface area contributed by atoms with Gasteiger partial charge in [0.15, 0.2) is 17.3 Å². The van der Waals surface area contributed by atoms with Crippen molar-refractivity contribution in [1.82, 2.24) is 5.32 Å². The first kappa shape index (κ1) is 23.9. The third-order valence-electron chi connectivity index (χ3n) is 6.36. The van der Waals surface area contributed by atoms with E-state index in [1.165, 1.54) is 13.2 Å². The number of halogens is 1. The molecule has 0 fully saturated rings. The van der Waals surface area contributed by atoms with Crippen molar-refractivity contribution in [2.75, 3.05) is 13.7 Å². The third kappa shape index (κ3) is 4.55. The van der Waals surface area contributed by atoms with Crippen LogP contribution in [0, 0.1) is 0 Å². The summed E-state index contributed by atoms with van der Waals surface area (Å²) in [6, 6.07) is 12.5. The molecular weight excluding hydrogens is 454 g/mol. The van der Waals surface area contributed by atoms with E-state index in [1.807, 2.05) is 38.1 Å². The Hall–Kier alpha value is -3.25. The van der Waals surface area contributed by atoms with Gasteiger partial charge in [0.05, 0.1) is 19.3 Å². The monoisotopic (exact) mass is 481 g/mol. The Bertz CT molecular complexity index is 1180. The van der Waals surface area contributed by atoms with Crippen molar-refractivity contribution in [3.63, 3.8) is 0 Å². The first-order valence-corrected chi connectivity index (χ1v) is 11.7. The molecule has 2 atom stereocenters. The van der Waals surface area contributed by atoms with Crippen molar-refractivity contribution < 1.29 is 24.2 Å². The van der Waals surface area contributed by atoms with E-state index in [0.29, 0.717) is 53.3 Å². The van der Waals surface area contributed by atoms with Crippen LogP contribution in [-0.4, -0.2) is 30.6 Å².